The van der Waals surface area contributed by atoms with Crippen LogP contribution in [0.1, 0.15) is 40.9 Å². The average molecular weight is 449 g/mol. The standard InChI is InChI=1S/C20H24N4O6S/c1-3-29-19(27)15-12-31-18(24-15)13(2)23-17(26)10-21-16(25)9-22-20(28)30-11-14-7-5-4-6-8-14/h4-8,12-13H,3,9-11H2,1-2H3,(H,21,25)(H,22,28)(H,23,26)/t13-/m0/s1. The molecular formula is C20H24N4O6S. The van der Waals surface area contributed by atoms with E-state index in [0.717, 1.165) is 5.56 Å². The number of esters is 1. The maximum Gasteiger partial charge on any atom is 0.407 e. The van der Waals surface area contributed by atoms with Gasteiger partial charge in [-0.15, -0.1) is 11.3 Å². The van der Waals surface area contributed by atoms with Crippen molar-refractivity contribution in [3.8, 4) is 0 Å². The Labute approximate surface area is 183 Å². The van der Waals surface area contributed by atoms with Gasteiger partial charge in [-0.05, 0) is 19.4 Å². The van der Waals surface area contributed by atoms with Crippen LogP contribution in [0.25, 0.3) is 0 Å². The molecule has 3 N–H and O–H groups in total. The van der Waals surface area contributed by atoms with Crippen molar-refractivity contribution in [3.05, 3.63) is 52.0 Å². The second-order valence-corrected chi connectivity index (χ2v) is 7.16. The molecule has 1 atom stereocenters. The van der Waals surface area contributed by atoms with Gasteiger partial charge in [-0.25, -0.2) is 14.6 Å². The number of alkyl carbamates (subject to hydrolysis) is 1. The molecule has 1 aromatic heterocycles. The highest BCUT2D eigenvalue weighted by Gasteiger charge is 2.17. The van der Waals surface area contributed by atoms with Crippen LogP contribution >= 0.6 is 11.3 Å². The SMILES string of the molecule is CCOC(=O)c1csc([C@H](C)NC(=O)CNC(=O)CNC(=O)OCc2ccccc2)n1. The highest BCUT2D eigenvalue weighted by Crippen LogP contribution is 2.18. The summed E-state index contributed by atoms with van der Waals surface area (Å²) in [5, 5.41) is 9.46. The van der Waals surface area contributed by atoms with Gasteiger partial charge >= 0.3 is 12.1 Å². The third kappa shape index (κ3) is 8.42. The monoisotopic (exact) mass is 448 g/mol. The smallest absolute Gasteiger partial charge is 0.407 e. The van der Waals surface area contributed by atoms with E-state index in [1.165, 1.54) is 11.3 Å². The van der Waals surface area contributed by atoms with E-state index in [1.54, 1.807) is 19.2 Å². The van der Waals surface area contributed by atoms with Crippen molar-refractivity contribution < 1.29 is 28.7 Å². The molecule has 3 amide bonds. The minimum Gasteiger partial charge on any atom is -0.461 e. The zero-order valence-electron chi connectivity index (χ0n) is 17.2. The normalized spacial score (nSPS) is 11.2. The van der Waals surface area contributed by atoms with Crippen LogP contribution < -0.4 is 16.0 Å². The number of thiazole rings is 1. The van der Waals surface area contributed by atoms with Gasteiger partial charge in [0.05, 0.1) is 19.2 Å². The van der Waals surface area contributed by atoms with E-state index in [4.69, 9.17) is 9.47 Å². The van der Waals surface area contributed by atoms with Crippen molar-refractivity contribution in [1.29, 1.82) is 0 Å². The first-order valence-electron chi connectivity index (χ1n) is 9.52. The van der Waals surface area contributed by atoms with E-state index >= 15 is 0 Å². The number of aromatic nitrogens is 1. The van der Waals surface area contributed by atoms with Crippen molar-refractivity contribution in [2.75, 3.05) is 19.7 Å². The van der Waals surface area contributed by atoms with Gasteiger partial charge in [0.1, 0.15) is 18.2 Å². The number of nitrogens with one attached hydrogen (secondary N) is 3. The van der Waals surface area contributed by atoms with E-state index in [1.807, 2.05) is 30.3 Å². The van der Waals surface area contributed by atoms with Gasteiger partial charge < -0.3 is 25.4 Å². The maximum absolute atomic E-state index is 12.0. The minimum atomic E-state index is -0.738. The lowest BCUT2D eigenvalue weighted by molar-refractivity contribution is -0.125. The molecule has 10 nitrogen and oxygen atoms in total. The predicted octanol–water partition coefficient (Wildman–Crippen LogP) is 1.54. The van der Waals surface area contributed by atoms with Crippen LogP contribution in [0.4, 0.5) is 4.79 Å². The Morgan fingerprint density at radius 3 is 2.45 bits per heavy atom. The van der Waals surface area contributed by atoms with E-state index in [-0.39, 0.29) is 32.0 Å². The van der Waals surface area contributed by atoms with Gasteiger partial charge in [-0.2, -0.15) is 0 Å². The number of nitrogens with zero attached hydrogens (tertiary/aromatic N) is 1. The van der Waals surface area contributed by atoms with Crippen LogP contribution in [0.5, 0.6) is 0 Å². The van der Waals surface area contributed by atoms with Crippen LogP contribution in [0.3, 0.4) is 0 Å². The molecule has 0 radical (unpaired) electrons. The fourth-order valence-corrected chi connectivity index (χ4v) is 3.10. The Bertz CT molecular complexity index is 902. The minimum absolute atomic E-state index is 0.0865. The van der Waals surface area contributed by atoms with Gasteiger partial charge in [0.25, 0.3) is 0 Å². The van der Waals surface area contributed by atoms with Crippen LogP contribution in [0, 0.1) is 0 Å². The number of hydrogen-bond donors (Lipinski definition) is 3. The second-order valence-electron chi connectivity index (χ2n) is 6.27. The molecule has 0 saturated heterocycles. The highest BCUT2D eigenvalue weighted by molar-refractivity contribution is 7.09. The van der Waals surface area contributed by atoms with Gasteiger partial charge in [0, 0.05) is 5.38 Å². The number of ether oxygens (including phenoxy) is 2. The molecular weight excluding hydrogens is 424 g/mol. The molecule has 2 aromatic rings. The van der Waals surface area contributed by atoms with E-state index in [0.29, 0.717) is 5.01 Å². The zero-order chi connectivity index (χ0) is 22.6. The summed E-state index contributed by atoms with van der Waals surface area (Å²) in [5.74, 6) is -1.51. The lowest BCUT2D eigenvalue weighted by atomic mass is 10.2. The number of carbonyl (C=O) groups excluding carboxylic acids is 4. The Kier molecular flexibility index (Phi) is 9.43. The number of rotatable bonds is 10. The first-order chi connectivity index (χ1) is 14.9. The predicted molar refractivity (Wildman–Crippen MR) is 112 cm³/mol. The molecule has 31 heavy (non-hydrogen) atoms. The molecule has 166 valence electrons. The van der Waals surface area contributed by atoms with Gasteiger partial charge in [-0.1, -0.05) is 30.3 Å². The number of benzene rings is 1. The molecule has 11 heteroatoms. The summed E-state index contributed by atoms with van der Waals surface area (Å²) in [6.07, 6.45) is -0.738. The summed E-state index contributed by atoms with van der Waals surface area (Å²) in [6.45, 7) is 3.13. The first-order valence-corrected chi connectivity index (χ1v) is 10.4. The summed E-state index contributed by atoms with van der Waals surface area (Å²) >= 11 is 1.22. The molecule has 2 rings (SSSR count). The fourth-order valence-electron chi connectivity index (χ4n) is 2.31. The fraction of sp³-hybridized carbons (Fsp3) is 0.350. The molecule has 0 bridgehead atoms. The Morgan fingerprint density at radius 1 is 1.03 bits per heavy atom. The molecule has 0 saturated carbocycles. The van der Waals surface area contributed by atoms with Crippen LogP contribution in [0.2, 0.25) is 0 Å². The Morgan fingerprint density at radius 2 is 1.74 bits per heavy atom. The third-order valence-corrected chi connectivity index (χ3v) is 4.83. The average Bonchev–Trinajstić information content (AvgIpc) is 3.26. The lowest BCUT2D eigenvalue weighted by Gasteiger charge is -2.12. The van der Waals surface area contributed by atoms with E-state index in [9.17, 15) is 19.2 Å². The zero-order valence-corrected chi connectivity index (χ0v) is 18.0. The molecule has 1 aromatic carbocycles. The molecule has 0 spiro atoms. The highest BCUT2D eigenvalue weighted by atomic mass is 32.1. The maximum atomic E-state index is 12.0. The summed E-state index contributed by atoms with van der Waals surface area (Å²) in [5.41, 5.74) is 1.00. The van der Waals surface area contributed by atoms with Gasteiger partial charge in [0.2, 0.25) is 11.8 Å². The second kappa shape index (κ2) is 12.3. The Balaban J connectivity index is 1.65. The number of hydrogen-bond acceptors (Lipinski definition) is 8. The molecule has 0 unspecified atom stereocenters. The third-order valence-electron chi connectivity index (χ3n) is 3.81. The topological polar surface area (TPSA) is 136 Å². The molecule has 0 aliphatic rings. The largest absolute Gasteiger partial charge is 0.461 e. The van der Waals surface area contributed by atoms with Crippen molar-refractivity contribution in [2.45, 2.75) is 26.5 Å². The summed E-state index contributed by atoms with van der Waals surface area (Å²) in [7, 11) is 0. The first kappa shape index (κ1) is 23.8. The van der Waals surface area contributed by atoms with Crippen molar-refractivity contribution >= 4 is 35.2 Å². The van der Waals surface area contributed by atoms with Crippen molar-refractivity contribution in [2.24, 2.45) is 0 Å². The van der Waals surface area contributed by atoms with Gasteiger partial charge in [0.15, 0.2) is 5.69 Å². The van der Waals surface area contributed by atoms with Crippen LogP contribution in [-0.2, 0) is 25.7 Å². The quantitative estimate of drug-likeness (QED) is 0.469. The summed E-state index contributed by atoms with van der Waals surface area (Å²) < 4.78 is 9.87. The lowest BCUT2D eigenvalue weighted by Crippen LogP contribution is -2.42. The number of carbonyl (C=O) groups is 4. The van der Waals surface area contributed by atoms with E-state index < -0.39 is 29.9 Å². The van der Waals surface area contributed by atoms with Gasteiger partial charge in [-0.3, -0.25) is 9.59 Å². The van der Waals surface area contributed by atoms with Crippen LogP contribution in [0.15, 0.2) is 35.7 Å². The number of amides is 3. The summed E-state index contributed by atoms with van der Waals surface area (Å²) in [4.78, 5) is 51.2. The molecule has 0 aliphatic carbocycles. The molecule has 1 heterocycles. The van der Waals surface area contributed by atoms with Crippen molar-refractivity contribution in [3.63, 3.8) is 0 Å². The summed E-state index contributed by atoms with van der Waals surface area (Å²) in [6, 6.07) is 8.66. The molecule has 0 aliphatic heterocycles. The van der Waals surface area contributed by atoms with E-state index in [2.05, 4.69) is 20.9 Å². The van der Waals surface area contributed by atoms with Crippen LogP contribution in [-0.4, -0.2) is 48.6 Å². The Hall–Kier alpha value is -3.47. The van der Waals surface area contributed by atoms with Crippen molar-refractivity contribution in [1.82, 2.24) is 20.9 Å². The molecule has 0 fully saturated rings.